The molecule has 0 spiro atoms. The number of hydrogen-bond donors (Lipinski definition) is 1. The van der Waals surface area contributed by atoms with Gasteiger partial charge in [0.1, 0.15) is 0 Å². The zero-order valence-corrected chi connectivity index (χ0v) is 12.3. The highest BCUT2D eigenvalue weighted by Gasteiger charge is 2.12. The van der Waals surface area contributed by atoms with Gasteiger partial charge in [-0.3, -0.25) is 0 Å². The maximum absolute atomic E-state index is 5.31. The Morgan fingerprint density at radius 1 is 1.44 bits per heavy atom. The minimum Gasteiger partial charge on any atom is -0.334 e. The lowest BCUT2D eigenvalue weighted by Gasteiger charge is -2.04. The summed E-state index contributed by atoms with van der Waals surface area (Å²) in [5.74, 6) is 1.31. The van der Waals surface area contributed by atoms with Crippen molar-refractivity contribution < 1.29 is 4.52 Å². The monoisotopic (exact) mass is 309 g/mol. The third-order valence-corrected chi connectivity index (χ3v) is 3.36. The van der Waals surface area contributed by atoms with Crippen molar-refractivity contribution >= 4 is 15.9 Å². The van der Waals surface area contributed by atoms with Gasteiger partial charge in [0.25, 0.3) is 5.89 Å². The minimum absolute atomic E-state index is 0.335. The predicted octanol–water partition coefficient (Wildman–Crippen LogP) is 2.96. The second kappa shape index (κ2) is 5.63. The van der Waals surface area contributed by atoms with E-state index in [2.05, 4.69) is 38.3 Å². The second-order valence-electron chi connectivity index (χ2n) is 4.37. The third kappa shape index (κ3) is 2.97. The number of likely N-dealkylation sites (N-methyl/N-ethyl adjacent to an activating group) is 1. The van der Waals surface area contributed by atoms with Crippen molar-refractivity contribution in [2.45, 2.75) is 26.3 Å². The summed E-state index contributed by atoms with van der Waals surface area (Å²) in [5.41, 5.74) is 2.09. The van der Waals surface area contributed by atoms with Crippen LogP contribution >= 0.6 is 15.9 Å². The summed E-state index contributed by atoms with van der Waals surface area (Å²) >= 11 is 3.44. The zero-order chi connectivity index (χ0) is 13.1. The molecule has 0 aliphatic rings. The van der Waals surface area contributed by atoms with Gasteiger partial charge in [-0.25, -0.2) is 0 Å². The van der Waals surface area contributed by atoms with Crippen LogP contribution in [-0.2, 0) is 6.42 Å². The zero-order valence-electron chi connectivity index (χ0n) is 10.7. The minimum atomic E-state index is 0.335. The van der Waals surface area contributed by atoms with Crippen molar-refractivity contribution in [3.05, 3.63) is 34.1 Å². The van der Waals surface area contributed by atoms with Crippen molar-refractivity contribution in [1.29, 1.82) is 0 Å². The predicted molar refractivity (Wildman–Crippen MR) is 74.4 cm³/mol. The molecule has 0 radical (unpaired) electrons. The molecule has 1 atom stereocenters. The number of hydrogen-bond acceptors (Lipinski definition) is 4. The molecule has 1 unspecified atom stereocenters. The van der Waals surface area contributed by atoms with E-state index in [1.54, 1.807) is 0 Å². The van der Waals surface area contributed by atoms with E-state index in [0.717, 1.165) is 27.8 Å². The van der Waals surface area contributed by atoms with Crippen LogP contribution in [-0.4, -0.2) is 23.2 Å². The van der Waals surface area contributed by atoms with Gasteiger partial charge in [0.15, 0.2) is 5.82 Å². The molecule has 2 aromatic rings. The van der Waals surface area contributed by atoms with E-state index in [1.165, 1.54) is 0 Å². The number of rotatable bonds is 4. The molecule has 1 heterocycles. The lowest BCUT2D eigenvalue weighted by molar-refractivity contribution is 0.418. The molecule has 0 aliphatic heterocycles. The van der Waals surface area contributed by atoms with Gasteiger partial charge in [0, 0.05) is 22.5 Å². The first-order valence-corrected chi connectivity index (χ1v) is 6.66. The van der Waals surface area contributed by atoms with Gasteiger partial charge in [-0.15, -0.1) is 0 Å². The van der Waals surface area contributed by atoms with E-state index in [0.29, 0.717) is 11.9 Å². The first kappa shape index (κ1) is 13.2. The van der Waals surface area contributed by atoms with Crippen molar-refractivity contribution in [3.63, 3.8) is 0 Å². The Balaban J connectivity index is 2.24. The highest BCUT2D eigenvalue weighted by Crippen LogP contribution is 2.24. The molecule has 5 heteroatoms. The molecule has 1 aromatic heterocycles. The summed E-state index contributed by atoms with van der Waals surface area (Å²) in [6.07, 6.45) is 0.759. The maximum Gasteiger partial charge on any atom is 0.258 e. The molecule has 1 N–H and O–H groups in total. The van der Waals surface area contributed by atoms with Crippen LogP contribution in [0.25, 0.3) is 11.5 Å². The number of aromatic nitrogens is 2. The van der Waals surface area contributed by atoms with Crippen molar-refractivity contribution in [3.8, 4) is 11.5 Å². The standard InChI is InChI=1S/C13H16BrN3O/c1-8-6-10(14)4-5-11(8)13-16-12(17-18-13)7-9(2)15-3/h4-6,9,15H,7H2,1-3H3. The normalized spacial score (nSPS) is 12.7. The lowest BCUT2D eigenvalue weighted by Crippen LogP contribution is -2.24. The Kier molecular flexibility index (Phi) is 4.14. The first-order chi connectivity index (χ1) is 8.60. The molecule has 4 nitrogen and oxygen atoms in total. The van der Waals surface area contributed by atoms with E-state index in [-0.39, 0.29) is 0 Å². The number of benzene rings is 1. The Hall–Kier alpha value is -1.20. The maximum atomic E-state index is 5.31. The molecule has 2 rings (SSSR count). The molecule has 0 saturated heterocycles. The van der Waals surface area contributed by atoms with Crippen LogP contribution in [0.15, 0.2) is 27.2 Å². The Morgan fingerprint density at radius 3 is 2.89 bits per heavy atom. The van der Waals surface area contributed by atoms with E-state index in [4.69, 9.17) is 4.52 Å². The fourth-order valence-corrected chi connectivity index (χ4v) is 2.16. The highest BCUT2D eigenvalue weighted by molar-refractivity contribution is 9.10. The summed E-state index contributed by atoms with van der Waals surface area (Å²) in [5, 5.41) is 7.16. The SMILES string of the molecule is CNC(C)Cc1noc(-c2ccc(Br)cc2C)n1. The fourth-order valence-electron chi connectivity index (χ4n) is 1.69. The van der Waals surface area contributed by atoms with Gasteiger partial charge in [0.05, 0.1) is 0 Å². The first-order valence-electron chi connectivity index (χ1n) is 5.86. The largest absolute Gasteiger partial charge is 0.334 e. The Morgan fingerprint density at radius 2 is 2.22 bits per heavy atom. The van der Waals surface area contributed by atoms with E-state index in [1.807, 2.05) is 32.2 Å². The molecule has 0 saturated carbocycles. The summed E-state index contributed by atoms with van der Waals surface area (Å²) in [6.45, 7) is 4.11. The number of nitrogens with zero attached hydrogens (tertiary/aromatic N) is 2. The topological polar surface area (TPSA) is 51.0 Å². The number of nitrogens with one attached hydrogen (secondary N) is 1. The molecular formula is C13H16BrN3O. The van der Waals surface area contributed by atoms with Crippen molar-refractivity contribution in [2.24, 2.45) is 0 Å². The van der Waals surface area contributed by atoms with Crippen LogP contribution in [0.3, 0.4) is 0 Å². The summed E-state index contributed by atoms with van der Waals surface area (Å²) in [4.78, 5) is 4.43. The van der Waals surface area contributed by atoms with Gasteiger partial charge >= 0.3 is 0 Å². The molecule has 0 aliphatic carbocycles. The molecule has 1 aromatic carbocycles. The van der Waals surface area contributed by atoms with Gasteiger partial charge in [-0.2, -0.15) is 4.98 Å². The highest BCUT2D eigenvalue weighted by atomic mass is 79.9. The van der Waals surface area contributed by atoms with Gasteiger partial charge in [-0.1, -0.05) is 21.1 Å². The lowest BCUT2D eigenvalue weighted by atomic mass is 10.1. The second-order valence-corrected chi connectivity index (χ2v) is 5.28. The molecule has 0 fully saturated rings. The van der Waals surface area contributed by atoms with Crippen molar-refractivity contribution in [1.82, 2.24) is 15.5 Å². The Bertz CT molecular complexity index is 539. The van der Waals surface area contributed by atoms with Crippen LogP contribution in [0.5, 0.6) is 0 Å². The van der Waals surface area contributed by atoms with E-state index < -0.39 is 0 Å². The van der Waals surface area contributed by atoms with E-state index >= 15 is 0 Å². The summed E-state index contributed by atoms with van der Waals surface area (Å²) in [6, 6.07) is 6.33. The van der Waals surface area contributed by atoms with Crippen LogP contribution in [0.2, 0.25) is 0 Å². The summed E-state index contributed by atoms with van der Waals surface area (Å²) < 4.78 is 6.36. The summed E-state index contributed by atoms with van der Waals surface area (Å²) in [7, 11) is 1.92. The number of aryl methyl sites for hydroxylation is 1. The Labute approximate surface area is 115 Å². The quantitative estimate of drug-likeness (QED) is 0.943. The molecule has 0 bridgehead atoms. The van der Waals surface area contributed by atoms with Crippen molar-refractivity contribution in [2.75, 3.05) is 7.05 Å². The molecule has 18 heavy (non-hydrogen) atoms. The smallest absolute Gasteiger partial charge is 0.258 e. The van der Waals surface area contributed by atoms with Gasteiger partial charge in [0.2, 0.25) is 0 Å². The molecule has 96 valence electrons. The third-order valence-electron chi connectivity index (χ3n) is 2.87. The average Bonchev–Trinajstić information content (AvgIpc) is 2.77. The van der Waals surface area contributed by atoms with Crippen LogP contribution in [0, 0.1) is 6.92 Å². The van der Waals surface area contributed by atoms with Crippen LogP contribution < -0.4 is 5.32 Å². The molecular weight excluding hydrogens is 294 g/mol. The average molecular weight is 310 g/mol. The fraction of sp³-hybridized carbons (Fsp3) is 0.385. The van der Waals surface area contributed by atoms with Crippen LogP contribution in [0.4, 0.5) is 0 Å². The molecule has 0 amide bonds. The van der Waals surface area contributed by atoms with Crippen LogP contribution in [0.1, 0.15) is 18.3 Å². The van der Waals surface area contributed by atoms with Gasteiger partial charge < -0.3 is 9.84 Å². The van der Waals surface area contributed by atoms with Gasteiger partial charge in [-0.05, 0) is 44.7 Å². The van der Waals surface area contributed by atoms with E-state index in [9.17, 15) is 0 Å². The number of halogens is 1.